The fourth-order valence-corrected chi connectivity index (χ4v) is 6.22. The molecular formula is C24H52N4O9P2. The Morgan fingerprint density at radius 2 is 1.23 bits per heavy atom. The number of carbonyl (C=O) groups is 2. The van der Waals surface area contributed by atoms with E-state index in [1.807, 2.05) is 0 Å². The van der Waals surface area contributed by atoms with Crippen molar-refractivity contribution < 1.29 is 42.7 Å². The highest BCUT2D eigenvalue weighted by atomic mass is 31.2. The molecule has 4 atom stereocenters. The third kappa shape index (κ3) is 19.8. The van der Waals surface area contributed by atoms with Gasteiger partial charge in [-0.15, -0.1) is 0 Å². The summed E-state index contributed by atoms with van der Waals surface area (Å²) in [5.41, 5.74) is 0. The van der Waals surface area contributed by atoms with E-state index in [4.69, 9.17) is 19.3 Å². The fourth-order valence-electron chi connectivity index (χ4n) is 3.75. The molecule has 2 heterocycles. The molecule has 0 bridgehead atoms. The lowest BCUT2D eigenvalue weighted by Crippen LogP contribution is -2.37. The number of carbonyl (C=O) groups excluding carboxylic acids is 2. The summed E-state index contributed by atoms with van der Waals surface area (Å²) in [7, 11) is -2.19. The van der Waals surface area contributed by atoms with Gasteiger partial charge in [0.05, 0.1) is 25.4 Å². The van der Waals surface area contributed by atoms with E-state index in [0.29, 0.717) is 6.61 Å². The smallest absolute Gasteiger partial charge is 0.323 e. The molecule has 39 heavy (non-hydrogen) atoms. The van der Waals surface area contributed by atoms with E-state index in [1.165, 1.54) is 13.6 Å². The van der Waals surface area contributed by atoms with Crippen molar-refractivity contribution in [1.82, 2.24) is 20.0 Å². The molecule has 2 rings (SSSR count). The van der Waals surface area contributed by atoms with Crippen molar-refractivity contribution in [3.63, 3.8) is 0 Å². The lowest BCUT2D eigenvalue weighted by molar-refractivity contribution is -0.145. The quantitative estimate of drug-likeness (QED) is 0.212. The van der Waals surface area contributed by atoms with Crippen LogP contribution in [0.5, 0.6) is 0 Å². The van der Waals surface area contributed by atoms with Gasteiger partial charge in [-0.3, -0.25) is 18.7 Å². The van der Waals surface area contributed by atoms with E-state index in [1.54, 1.807) is 20.8 Å². The molecule has 13 nitrogen and oxygen atoms in total. The molecule has 0 aromatic rings. The van der Waals surface area contributed by atoms with Crippen LogP contribution in [0.3, 0.4) is 0 Å². The summed E-state index contributed by atoms with van der Waals surface area (Å²) in [5.74, 6) is -0.926. The molecule has 2 aliphatic heterocycles. The third-order valence-electron chi connectivity index (χ3n) is 5.85. The summed E-state index contributed by atoms with van der Waals surface area (Å²) in [6.45, 7) is 13.7. The molecule has 0 saturated carbocycles. The van der Waals surface area contributed by atoms with E-state index >= 15 is 0 Å². The molecule has 0 aromatic carbocycles. The largest absolute Gasteiger partial charge is 0.465 e. The number of nitrogens with zero attached hydrogens (tertiary/aromatic N) is 2. The number of nitrogens with one attached hydrogen (secondary N) is 2. The van der Waals surface area contributed by atoms with Gasteiger partial charge in [-0.1, -0.05) is 0 Å². The van der Waals surface area contributed by atoms with Crippen LogP contribution in [0.15, 0.2) is 0 Å². The van der Waals surface area contributed by atoms with E-state index in [0.717, 1.165) is 58.5 Å². The summed E-state index contributed by atoms with van der Waals surface area (Å²) >= 11 is 0. The SMILES string of the molecule is CCOC(=O)C(C)NP(C)(=O)O.CCOC(=O)C(C)NP(C)(=O)OC1CCN(C)CC1.CN1CCC(O)CC1. The number of hydrogen-bond donors (Lipinski definition) is 4. The Morgan fingerprint density at radius 1 is 0.846 bits per heavy atom. The van der Waals surface area contributed by atoms with Crippen molar-refractivity contribution >= 4 is 27.0 Å². The molecule has 0 radical (unpaired) electrons. The first-order valence-corrected chi connectivity index (χ1v) is 17.7. The van der Waals surface area contributed by atoms with Gasteiger partial charge in [-0.2, -0.15) is 0 Å². The van der Waals surface area contributed by atoms with Gasteiger partial charge in [-0.05, 0) is 67.5 Å². The molecule has 4 N–H and O–H groups in total. The summed E-state index contributed by atoms with van der Waals surface area (Å²) in [5, 5.41) is 14.0. The van der Waals surface area contributed by atoms with Gasteiger partial charge in [0.1, 0.15) is 12.1 Å². The van der Waals surface area contributed by atoms with Crippen LogP contribution in [-0.2, 0) is 32.7 Å². The third-order valence-corrected chi connectivity index (χ3v) is 8.27. The molecule has 2 saturated heterocycles. The second kappa shape index (κ2) is 19.3. The minimum Gasteiger partial charge on any atom is -0.465 e. The predicted molar refractivity (Wildman–Crippen MR) is 152 cm³/mol. The first kappa shape index (κ1) is 38.1. The molecule has 232 valence electrons. The Balaban J connectivity index is 0.000000614. The molecule has 0 amide bonds. The monoisotopic (exact) mass is 602 g/mol. The number of aliphatic hydroxyl groups is 1. The Hall–Kier alpha value is -0.880. The molecule has 0 aliphatic carbocycles. The summed E-state index contributed by atoms with van der Waals surface area (Å²) in [6, 6.07) is -1.37. The molecule has 4 unspecified atom stereocenters. The summed E-state index contributed by atoms with van der Waals surface area (Å²) in [6.07, 6.45) is 3.61. The lowest BCUT2D eigenvalue weighted by atomic mass is 10.1. The summed E-state index contributed by atoms with van der Waals surface area (Å²) in [4.78, 5) is 35.7. The average Bonchev–Trinajstić information content (AvgIpc) is 2.82. The van der Waals surface area contributed by atoms with E-state index in [-0.39, 0.29) is 18.8 Å². The van der Waals surface area contributed by atoms with E-state index in [2.05, 4.69) is 38.8 Å². The predicted octanol–water partition coefficient (Wildman–Crippen LogP) is 1.88. The van der Waals surface area contributed by atoms with Crippen molar-refractivity contribution in [1.29, 1.82) is 0 Å². The number of likely N-dealkylation sites (tertiary alicyclic amines) is 2. The molecule has 0 spiro atoms. The van der Waals surface area contributed by atoms with Crippen LogP contribution < -0.4 is 10.2 Å². The minimum absolute atomic E-state index is 0.00562. The maximum atomic E-state index is 12.3. The van der Waals surface area contributed by atoms with Crippen molar-refractivity contribution in [2.75, 3.05) is 66.8 Å². The van der Waals surface area contributed by atoms with Crippen LogP contribution >= 0.6 is 15.0 Å². The Bertz CT molecular complexity index is 788. The zero-order chi connectivity index (χ0) is 30.2. The maximum absolute atomic E-state index is 12.3. The second-order valence-corrected chi connectivity index (χ2v) is 14.3. The lowest BCUT2D eigenvalue weighted by Gasteiger charge is -2.31. The zero-order valence-electron chi connectivity index (χ0n) is 24.9. The molecule has 0 aromatic heterocycles. The van der Waals surface area contributed by atoms with Gasteiger partial charge >= 0.3 is 11.9 Å². The van der Waals surface area contributed by atoms with Gasteiger partial charge in [0.15, 0.2) is 0 Å². The number of piperidine rings is 2. The summed E-state index contributed by atoms with van der Waals surface area (Å²) < 4.78 is 38.2. The van der Waals surface area contributed by atoms with E-state index in [9.17, 15) is 18.7 Å². The maximum Gasteiger partial charge on any atom is 0.323 e. The van der Waals surface area contributed by atoms with E-state index < -0.39 is 39.1 Å². The van der Waals surface area contributed by atoms with Crippen molar-refractivity contribution in [2.24, 2.45) is 0 Å². The average molecular weight is 603 g/mol. The van der Waals surface area contributed by atoms with Crippen LogP contribution in [0.25, 0.3) is 0 Å². The van der Waals surface area contributed by atoms with Crippen LogP contribution in [0.2, 0.25) is 0 Å². The molecular weight excluding hydrogens is 550 g/mol. The highest BCUT2D eigenvalue weighted by Gasteiger charge is 2.29. The minimum atomic E-state index is -3.35. The van der Waals surface area contributed by atoms with Gasteiger partial charge in [-0.25, -0.2) is 10.2 Å². The van der Waals surface area contributed by atoms with Gasteiger partial charge in [0, 0.05) is 39.5 Å². The molecule has 15 heteroatoms. The van der Waals surface area contributed by atoms with Gasteiger partial charge < -0.3 is 33.8 Å². The Kier molecular flexibility index (Phi) is 18.8. The van der Waals surface area contributed by atoms with Gasteiger partial charge in [0.2, 0.25) is 0 Å². The van der Waals surface area contributed by atoms with Crippen molar-refractivity contribution in [2.45, 2.75) is 77.7 Å². The fraction of sp³-hybridized carbons (Fsp3) is 0.917. The Morgan fingerprint density at radius 3 is 1.59 bits per heavy atom. The van der Waals surface area contributed by atoms with Crippen molar-refractivity contribution in [3.8, 4) is 0 Å². The number of esters is 2. The van der Waals surface area contributed by atoms with Crippen LogP contribution in [0, 0.1) is 0 Å². The highest BCUT2D eigenvalue weighted by Crippen LogP contribution is 2.41. The van der Waals surface area contributed by atoms with Crippen LogP contribution in [-0.4, -0.2) is 123 Å². The molecule has 2 fully saturated rings. The standard InChI is InChI=1S/C12H25N2O4P.C6H14NO4P.C6H13NO/c1-5-17-12(15)10(2)13-19(4,16)18-11-6-8-14(3)9-7-11;1-4-11-6(8)5(2)7-12(3,9)10;1-7-4-2-6(8)3-5-7/h10-11H,5-9H2,1-4H3,(H,13,16);5H,4H2,1-3H3,(H2,7,9,10);6,8H,2-5H2,1H3. The second-order valence-electron chi connectivity index (χ2n) is 10.1. The van der Waals surface area contributed by atoms with Crippen LogP contribution in [0.4, 0.5) is 0 Å². The number of hydrogen-bond acceptors (Lipinski definition) is 10. The number of aliphatic hydroxyl groups excluding tert-OH is 1. The first-order valence-electron chi connectivity index (χ1n) is 13.5. The first-order chi connectivity index (χ1) is 18.0. The zero-order valence-corrected chi connectivity index (χ0v) is 26.7. The van der Waals surface area contributed by atoms with Crippen molar-refractivity contribution in [3.05, 3.63) is 0 Å². The Labute approximate surface area is 234 Å². The topological polar surface area (TPSA) is 167 Å². The van der Waals surface area contributed by atoms with Gasteiger partial charge in [0.25, 0.3) is 15.0 Å². The van der Waals surface area contributed by atoms with Crippen LogP contribution in [0.1, 0.15) is 53.4 Å². The highest BCUT2D eigenvalue weighted by molar-refractivity contribution is 7.56. The number of ether oxygens (including phenoxy) is 2. The molecule has 2 aliphatic rings. The normalized spacial score (nSPS) is 22.0. The number of rotatable bonds is 10.